The molecular formula is C75H139O24P. The van der Waals surface area contributed by atoms with Crippen LogP contribution in [0.5, 0.6) is 0 Å². The summed E-state index contributed by atoms with van der Waals surface area (Å²) in [6.07, 6.45) is 16.9. The normalized spacial score (nSPS) is 27.3. The highest BCUT2D eigenvalue weighted by atomic mass is 31.2. The van der Waals surface area contributed by atoms with Crippen LogP contribution in [0.3, 0.4) is 0 Å². The molecule has 0 amide bonds. The molecule has 2 saturated heterocycles. The molecule has 100 heavy (non-hydrogen) atoms. The third kappa shape index (κ3) is 39.3. The van der Waals surface area contributed by atoms with E-state index in [2.05, 4.69) is 32.9 Å². The molecule has 18 unspecified atom stereocenters. The molecule has 0 aromatic carbocycles. The molecule has 0 aromatic rings. The molecule has 1 saturated carbocycles. The van der Waals surface area contributed by atoms with Crippen LogP contribution >= 0.6 is 7.82 Å². The van der Waals surface area contributed by atoms with E-state index >= 15 is 0 Å². The van der Waals surface area contributed by atoms with E-state index in [1.54, 1.807) is 0 Å². The number of esters is 3. The summed E-state index contributed by atoms with van der Waals surface area (Å²) in [6.45, 7) is 3.46. The maximum atomic E-state index is 14.4. The van der Waals surface area contributed by atoms with Crippen LogP contribution in [0.25, 0.3) is 0 Å². The summed E-state index contributed by atoms with van der Waals surface area (Å²) in [5.74, 6) is -1.98. The molecule has 0 bridgehead atoms. The minimum Gasteiger partial charge on any atom is -0.463 e. The van der Waals surface area contributed by atoms with Crippen molar-refractivity contribution in [3.05, 3.63) is 12.2 Å². The molecule has 18 atom stereocenters. The van der Waals surface area contributed by atoms with Gasteiger partial charge in [-0.15, -0.1) is 0 Å². The monoisotopic (exact) mass is 1450 g/mol. The highest BCUT2D eigenvalue weighted by Gasteiger charge is 2.58. The fourth-order valence-corrected chi connectivity index (χ4v) is 14.1. The predicted molar refractivity (Wildman–Crippen MR) is 379 cm³/mol. The Kier molecular flexibility index (Phi) is 52.3. The molecule has 588 valence electrons. The lowest BCUT2D eigenvalue weighted by Gasteiger charge is -2.49. The number of hydrogen-bond donors (Lipinski definition) is 11. The van der Waals surface area contributed by atoms with Gasteiger partial charge in [0.1, 0.15) is 98.7 Å². The molecule has 11 N–H and O–H groups in total. The van der Waals surface area contributed by atoms with Gasteiger partial charge in [-0.3, -0.25) is 23.4 Å². The summed E-state index contributed by atoms with van der Waals surface area (Å²) in [6, 6.07) is 0. The Balaban J connectivity index is 1.72. The molecule has 2 aliphatic heterocycles. The van der Waals surface area contributed by atoms with Gasteiger partial charge in [-0.1, -0.05) is 264 Å². The van der Waals surface area contributed by atoms with Crippen LogP contribution in [0.4, 0.5) is 0 Å². The molecule has 3 fully saturated rings. The van der Waals surface area contributed by atoms with E-state index in [1.165, 1.54) is 148 Å². The van der Waals surface area contributed by atoms with E-state index < -0.39 is 156 Å². The number of rotatable bonds is 62. The number of carbonyl (C=O) groups is 3. The van der Waals surface area contributed by atoms with E-state index in [0.29, 0.717) is 19.3 Å². The third-order valence-electron chi connectivity index (χ3n) is 19.5. The molecule has 1 aliphatic carbocycles. The second-order valence-electron chi connectivity index (χ2n) is 28.4. The van der Waals surface area contributed by atoms with Gasteiger partial charge in [0.05, 0.1) is 13.2 Å². The summed E-state index contributed by atoms with van der Waals surface area (Å²) in [7, 11) is -5.70. The number of unbranched alkanes of at least 4 members (excludes halogenated alkanes) is 39. The van der Waals surface area contributed by atoms with E-state index in [1.807, 2.05) is 0 Å². The molecule has 0 aromatic heterocycles. The number of aliphatic hydroxyl groups is 10. The molecule has 3 rings (SSSR count). The number of allylic oxidation sites excluding steroid dienone is 2. The minimum absolute atomic E-state index is 0.0322. The Labute approximate surface area is 599 Å². The van der Waals surface area contributed by atoms with Gasteiger partial charge < -0.3 is 89.1 Å². The van der Waals surface area contributed by atoms with E-state index in [0.717, 1.165) is 109 Å². The lowest BCUT2D eigenvalue weighted by molar-refractivity contribution is -0.360. The van der Waals surface area contributed by atoms with Gasteiger partial charge in [0.2, 0.25) is 0 Å². The van der Waals surface area contributed by atoms with Crippen molar-refractivity contribution in [2.24, 2.45) is 0 Å². The number of phosphoric acid groups is 1. The van der Waals surface area contributed by atoms with Gasteiger partial charge in [0.15, 0.2) is 18.7 Å². The smallest absolute Gasteiger partial charge is 0.463 e. The Morgan fingerprint density at radius 1 is 0.380 bits per heavy atom. The van der Waals surface area contributed by atoms with Crippen LogP contribution in [0.15, 0.2) is 12.2 Å². The van der Waals surface area contributed by atoms with E-state index in [9.17, 15) is 74.9 Å². The molecule has 25 heteroatoms. The number of ether oxygens (including phenoxy) is 7. The van der Waals surface area contributed by atoms with Crippen molar-refractivity contribution in [3.8, 4) is 0 Å². The number of hydrogen-bond acceptors (Lipinski definition) is 23. The van der Waals surface area contributed by atoms with Crippen molar-refractivity contribution < 1.29 is 117 Å². The summed E-state index contributed by atoms with van der Waals surface area (Å²) < 4.78 is 65.1. The van der Waals surface area contributed by atoms with E-state index in [4.69, 9.17) is 42.2 Å². The number of phosphoric ester groups is 1. The van der Waals surface area contributed by atoms with Crippen molar-refractivity contribution in [1.29, 1.82) is 0 Å². The Morgan fingerprint density at radius 2 is 0.700 bits per heavy atom. The zero-order valence-corrected chi connectivity index (χ0v) is 62.4. The maximum Gasteiger partial charge on any atom is 0.472 e. The zero-order valence-electron chi connectivity index (χ0n) is 61.5. The van der Waals surface area contributed by atoms with Gasteiger partial charge in [0.25, 0.3) is 0 Å². The number of carbonyl (C=O) groups excluding carboxylic acids is 3. The quantitative estimate of drug-likeness (QED) is 0.00886. The first-order valence-electron chi connectivity index (χ1n) is 39.5. The second-order valence-corrected chi connectivity index (χ2v) is 29.8. The van der Waals surface area contributed by atoms with Crippen LogP contribution in [-0.4, -0.2) is 204 Å². The molecule has 0 radical (unpaired) electrons. The Morgan fingerprint density at radius 3 is 1.09 bits per heavy atom. The molecule has 24 nitrogen and oxygen atoms in total. The average molecular weight is 1460 g/mol. The lowest BCUT2D eigenvalue weighted by atomic mass is 9.84. The highest BCUT2D eigenvalue weighted by molar-refractivity contribution is 7.47. The molecule has 3 aliphatic rings. The predicted octanol–water partition coefficient (Wildman–Crippen LogP) is 11.5. The van der Waals surface area contributed by atoms with Gasteiger partial charge in [-0.25, -0.2) is 4.57 Å². The maximum absolute atomic E-state index is 14.4. The Bertz CT molecular complexity index is 2110. The van der Waals surface area contributed by atoms with Gasteiger partial charge in [-0.2, -0.15) is 0 Å². The van der Waals surface area contributed by atoms with Crippen LogP contribution in [0.2, 0.25) is 0 Å². The summed E-state index contributed by atoms with van der Waals surface area (Å²) in [5.41, 5.74) is 0. The van der Waals surface area contributed by atoms with Crippen LogP contribution in [0.1, 0.15) is 316 Å². The van der Waals surface area contributed by atoms with Crippen LogP contribution < -0.4 is 0 Å². The number of aliphatic hydroxyl groups excluding tert-OH is 10. The highest BCUT2D eigenvalue weighted by Crippen LogP contribution is 2.49. The van der Waals surface area contributed by atoms with Gasteiger partial charge in [0, 0.05) is 19.3 Å². The first-order valence-corrected chi connectivity index (χ1v) is 41.0. The zero-order chi connectivity index (χ0) is 73.2. The minimum atomic E-state index is -5.70. The standard InChI is InChI=1S/C75H139O24P/c1-4-7-10-13-16-19-22-25-27-28-30-32-35-37-40-43-46-49-59(77)91-53-56(94-61(79)51-48-45-42-39-36-33-29-26-23-20-17-14-11-8-5-2)54-93-100(89,90)99-73-71(97-74-69(87)64(82)62(80)57(52-76)95-74)67(85)66(84)68(86)72(73)98-75-70(88)65(83)63(81)58(96-75)55-92-60(78)50-47-44-41-38-34-31-24-21-18-15-12-9-6-3/h20,23,56-58,62-76,80-88H,4-19,21-22,24-55H2,1-3H3,(H,89,90)/b23-20-. The summed E-state index contributed by atoms with van der Waals surface area (Å²) in [5, 5.41) is 110. The van der Waals surface area contributed by atoms with Crippen molar-refractivity contribution in [2.45, 2.75) is 420 Å². The summed E-state index contributed by atoms with van der Waals surface area (Å²) >= 11 is 0. The third-order valence-corrected chi connectivity index (χ3v) is 20.5. The fraction of sp³-hybridized carbons (Fsp3) is 0.933. The van der Waals surface area contributed by atoms with Crippen molar-refractivity contribution >= 4 is 25.7 Å². The van der Waals surface area contributed by atoms with Gasteiger partial charge in [-0.05, 0) is 44.9 Å². The molecular weight excluding hydrogens is 1320 g/mol. The first-order chi connectivity index (χ1) is 48.3. The first kappa shape index (κ1) is 91.9. The molecule has 2 heterocycles. The SMILES string of the molecule is CCCCCC/C=C\CCCCCCCCCC(=O)OC(COC(=O)CCCCCCCCCCCCCCCCCCC)COP(=O)(O)OC1C(OC2OC(CO)C(O)C(O)C2O)C(O)C(O)C(O)C1OC1OC(COC(=O)CCCCCCCCCCCCCCC)C(O)C(O)C1O. The van der Waals surface area contributed by atoms with Crippen molar-refractivity contribution in [2.75, 3.05) is 26.4 Å². The average Bonchev–Trinajstić information content (AvgIpc) is 0.762. The fourth-order valence-electron chi connectivity index (χ4n) is 13.1. The second kappa shape index (κ2) is 57.0. The Hall–Kier alpha value is -2.30. The van der Waals surface area contributed by atoms with Crippen LogP contribution in [-0.2, 0) is 61.2 Å². The molecule has 0 spiro atoms. The lowest BCUT2D eigenvalue weighted by Crippen LogP contribution is -2.69. The van der Waals surface area contributed by atoms with Crippen molar-refractivity contribution in [1.82, 2.24) is 0 Å². The largest absolute Gasteiger partial charge is 0.472 e. The summed E-state index contributed by atoms with van der Waals surface area (Å²) in [4.78, 5) is 51.1. The topological polar surface area (TPSA) is 374 Å². The van der Waals surface area contributed by atoms with Crippen LogP contribution in [0, 0.1) is 0 Å². The van der Waals surface area contributed by atoms with E-state index in [-0.39, 0.29) is 19.3 Å². The van der Waals surface area contributed by atoms with Gasteiger partial charge >= 0.3 is 25.7 Å². The van der Waals surface area contributed by atoms with Crippen molar-refractivity contribution in [3.63, 3.8) is 0 Å².